The second-order valence-corrected chi connectivity index (χ2v) is 8.21. The lowest BCUT2D eigenvalue weighted by molar-refractivity contribution is -0.155. The van der Waals surface area contributed by atoms with Crippen LogP contribution in [0.4, 0.5) is 18.9 Å². The molecule has 31 heavy (non-hydrogen) atoms. The normalized spacial score (nSPS) is 29.1. The van der Waals surface area contributed by atoms with Gasteiger partial charge in [0.2, 0.25) is 0 Å². The molecule has 4 atom stereocenters. The maximum atomic E-state index is 13.8. The van der Waals surface area contributed by atoms with Gasteiger partial charge < -0.3 is 4.90 Å². The van der Waals surface area contributed by atoms with Crippen LogP contribution >= 0.6 is 0 Å². The number of benzene rings is 3. The van der Waals surface area contributed by atoms with Gasteiger partial charge >= 0.3 is 6.18 Å². The molecule has 0 saturated carbocycles. The highest BCUT2D eigenvalue weighted by molar-refractivity contribution is 5.64. The fourth-order valence-corrected chi connectivity index (χ4v) is 5.08. The summed E-state index contributed by atoms with van der Waals surface area (Å²) in [5.41, 5.74) is 2.04. The number of anilines is 1. The Kier molecular flexibility index (Phi) is 4.44. The predicted octanol–water partition coefficient (Wildman–Crippen LogP) is 5.95. The van der Waals surface area contributed by atoms with Crippen LogP contribution in [0.2, 0.25) is 0 Å². The molecule has 0 bridgehead atoms. The van der Waals surface area contributed by atoms with Gasteiger partial charge in [0.25, 0.3) is 0 Å². The maximum Gasteiger partial charge on any atom is 0.401 e. The van der Waals surface area contributed by atoms with Crippen molar-refractivity contribution in [2.45, 2.75) is 30.6 Å². The molecular weight excluding hydrogens is 397 g/mol. The minimum absolute atomic E-state index is 0.239. The van der Waals surface area contributed by atoms with E-state index in [0.29, 0.717) is 12.1 Å². The topological polar surface area (TPSA) is 6.48 Å². The van der Waals surface area contributed by atoms with E-state index in [-0.39, 0.29) is 6.42 Å². The Morgan fingerprint density at radius 1 is 0.903 bits per heavy atom. The van der Waals surface area contributed by atoms with Gasteiger partial charge in [-0.1, -0.05) is 78.9 Å². The Bertz CT molecular complexity index is 1110. The van der Waals surface area contributed by atoms with Gasteiger partial charge in [-0.15, -0.1) is 0 Å². The van der Waals surface area contributed by atoms with Gasteiger partial charge in [0, 0.05) is 32.6 Å². The van der Waals surface area contributed by atoms with Gasteiger partial charge in [-0.2, -0.15) is 13.2 Å². The summed E-state index contributed by atoms with van der Waals surface area (Å²) in [6.45, 7) is -2.86. The highest BCUT2D eigenvalue weighted by Crippen LogP contribution is 2.56. The van der Waals surface area contributed by atoms with Crippen molar-refractivity contribution in [2.24, 2.45) is 0 Å². The molecule has 1 fully saturated rings. The zero-order valence-electron chi connectivity index (χ0n) is 19.0. The second-order valence-electron chi connectivity index (χ2n) is 8.21. The summed E-state index contributed by atoms with van der Waals surface area (Å²) in [7, 11) is 0. The lowest BCUT2D eigenvalue weighted by Crippen LogP contribution is -2.50. The highest BCUT2D eigenvalue weighted by Gasteiger charge is 2.57. The molecule has 2 heterocycles. The molecule has 2 aliphatic heterocycles. The number of hydrogen-bond acceptors (Lipinski definition) is 2. The fraction of sp³-hybridized carbons (Fsp3) is 0.308. The summed E-state index contributed by atoms with van der Waals surface area (Å²) >= 11 is 0. The van der Waals surface area contributed by atoms with Crippen LogP contribution in [0.1, 0.15) is 31.8 Å². The minimum Gasteiger partial charge on any atom is -0.365 e. The molecule has 3 aromatic rings. The van der Waals surface area contributed by atoms with Crippen molar-refractivity contribution in [1.29, 1.82) is 0 Å². The fourth-order valence-electron chi connectivity index (χ4n) is 5.08. The number of nitrogens with zero attached hydrogens (tertiary/aromatic N) is 2. The van der Waals surface area contributed by atoms with Crippen LogP contribution in [-0.4, -0.2) is 30.7 Å². The van der Waals surface area contributed by atoms with Crippen molar-refractivity contribution in [3.8, 4) is 0 Å². The average molecular weight is 425 g/mol. The molecule has 1 saturated heterocycles. The molecule has 1 spiro atoms. The van der Waals surface area contributed by atoms with Crippen molar-refractivity contribution in [1.82, 2.24) is 4.90 Å². The zero-order valence-corrected chi connectivity index (χ0v) is 17.0. The third-order valence-corrected chi connectivity index (χ3v) is 6.31. The smallest absolute Gasteiger partial charge is 0.365 e. The molecular formula is C26H25F3N2. The van der Waals surface area contributed by atoms with E-state index >= 15 is 0 Å². The number of para-hydroxylation sites is 1. The summed E-state index contributed by atoms with van der Waals surface area (Å²) in [5.74, 6) is -0.409. The quantitative estimate of drug-likeness (QED) is 0.510. The third kappa shape index (κ3) is 3.61. The van der Waals surface area contributed by atoms with Gasteiger partial charge in [-0.3, -0.25) is 4.90 Å². The monoisotopic (exact) mass is 424 g/mol. The van der Waals surface area contributed by atoms with Gasteiger partial charge in [-0.05, 0) is 29.2 Å². The molecule has 2 nitrogen and oxygen atoms in total. The molecule has 0 radical (unpaired) electrons. The van der Waals surface area contributed by atoms with Crippen molar-refractivity contribution < 1.29 is 15.9 Å². The summed E-state index contributed by atoms with van der Waals surface area (Å²) in [4.78, 5) is 3.12. The number of rotatable bonds is 4. The SMILES string of the molecule is [2H]C1C[C@H](c2ccccc2)[C@@]2(c3ccccc3N(Cc3ccccc3)C2[2H])N1CC(F)(F)F. The van der Waals surface area contributed by atoms with Gasteiger partial charge in [0.05, 0.1) is 13.5 Å². The molecule has 0 amide bonds. The first-order valence-corrected chi connectivity index (χ1v) is 10.5. The highest BCUT2D eigenvalue weighted by atomic mass is 19.4. The van der Waals surface area contributed by atoms with E-state index in [4.69, 9.17) is 1.37 Å². The Labute approximate surface area is 183 Å². The summed E-state index contributed by atoms with van der Waals surface area (Å²) in [6.07, 6.45) is -4.23. The Balaban J connectivity index is 1.70. The van der Waals surface area contributed by atoms with Crippen LogP contribution < -0.4 is 4.90 Å². The standard InChI is InChI=1S/C26H25F3N2/c27-26(28,29)19-31-16-15-22(21-11-5-2-6-12-21)25(31)18-30(17-20-9-3-1-4-10-20)24-14-8-7-13-23(24)25/h1-14,22H,15-19H2/t22-,25+/m1/s1/i16D,18D/t16?,18?,22-,25+. The second kappa shape index (κ2) is 7.72. The van der Waals surface area contributed by atoms with Gasteiger partial charge in [0.15, 0.2) is 0 Å². The number of halogens is 3. The molecule has 2 aliphatic rings. The molecule has 2 unspecified atom stereocenters. The zero-order chi connectivity index (χ0) is 23.2. The first kappa shape index (κ1) is 17.8. The first-order valence-electron chi connectivity index (χ1n) is 11.6. The minimum atomic E-state index is -4.47. The molecule has 5 heteroatoms. The summed E-state index contributed by atoms with van der Waals surface area (Å²) in [6, 6.07) is 26.5. The third-order valence-electron chi connectivity index (χ3n) is 6.31. The molecule has 5 rings (SSSR count). The van der Waals surface area contributed by atoms with Crippen molar-refractivity contribution >= 4 is 5.69 Å². The van der Waals surface area contributed by atoms with Crippen LogP contribution in [0.5, 0.6) is 0 Å². The number of fused-ring (bicyclic) bond motifs is 2. The van der Waals surface area contributed by atoms with Gasteiger partial charge in [0.1, 0.15) is 0 Å². The number of likely N-dealkylation sites (tertiary alicyclic amines) is 1. The van der Waals surface area contributed by atoms with Crippen LogP contribution in [-0.2, 0) is 12.1 Å². The van der Waals surface area contributed by atoms with E-state index in [0.717, 1.165) is 16.8 Å². The van der Waals surface area contributed by atoms with Crippen LogP contribution in [0.15, 0.2) is 84.9 Å². The molecule has 0 aliphatic carbocycles. The summed E-state index contributed by atoms with van der Waals surface area (Å²) in [5, 5.41) is 0. The number of hydrogen-bond donors (Lipinski definition) is 0. The predicted molar refractivity (Wildman–Crippen MR) is 117 cm³/mol. The molecule has 160 valence electrons. The van der Waals surface area contributed by atoms with E-state index in [9.17, 15) is 14.5 Å². The van der Waals surface area contributed by atoms with E-state index < -0.39 is 37.2 Å². The Morgan fingerprint density at radius 2 is 1.55 bits per heavy atom. The number of alkyl halides is 3. The lowest BCUT2D eigenvalue weighted by Gasteiger charge is -2.41. The largest absolute Gasteiger partial charge is 0.401 e. The molecule has 0 aromatic heterocycles. The average Bonchev–Trinajstić information content (AvgIpc) is 3.22. The van der Waals surface area contributed by atoms with Crippen molar-refractivity contribution in [3.63, 3.8) is 0 Å². The lowest BCUT2D eigenvalue weighted by atomic mass is 9.76. The maximum absolute atomic E-state index is 13.8. The van der Waals surface area contributed by atoms with Crippen LogP contribution in [0.3, 0.4) is 0 Å². The van der Waals surface area contributed by atoms with E-state index in [1.807, 2.05) is 89.8 Å². The first-order chi connectivity index (χ1) is 15.8. The molecule has 3 aromatic carbocycles. The van der Waals surface area contributed by atoms with Gasteiger partial charge in [-0.25, -0.2) is 0 Å². The van der Waals surface area contributed by atoms with E-state index in [1.54, 1.807) is 0 Å². The Hall–Kier alpha value is -2.79. The molecule has 0 N–H and O–H groups in total. The van der Waals surface area contributed by atoms with E-state index in [1.165, 1.54) is 4.90 Å². The van der Waals surface area contributed by atoms with Crippen LogP contribution in [0, 0.1) is 0 Å². The van der Waals surface area contributed by atoms with Crippen LogP contribution in [0.25, 0.3) is 0 Å². The van der Waals surface area contributed by atoms with Crippen molar-refractivity contribution in [3.05, 3.63) is 102 Å². The Morgan fingerprint density at radius 3 is 2.26 bits per heavy atom. The van der Waals surface area contributed by atoms with E-state index in [2.05, 4.69) is 0 Å². The van der Waals surface area contributed by atoms with Crippen molar-refractivity contribution in [2.75, 3.05) is 24.5 Å². The summed E-state index contributed by atoms with van der Waals surface area (Å²) < 4.78 is 59.5.